The lowest BCUT2D eigenvalue weighted by Gasteiger charge is -2.29. The van der Waals surface area contributed by atoms with E-state index in [-0.39, 0.29) is 25.7 Å². The quantitative estimate of drug-likeness (QED) is 0.150. The number of amides is 4. The van der Waals surface area contributed by atoms with E-state index in [9.17, 15) is 38.4 Å². The average molecular weight is 488 g/mol. The maximum Gasteiger partial charge on any atom is 0.305 e. The molecule has 2 fully saturated rings. The molecule has 0 aromatic heterocycles. The first-order valence-corrected chi connectivity index (χ1v) is 9.88. The second-order valence-electron chi connectivity index (χ2n) is 7.31. The van der Waals surface area contributed by atoms with Gasteiger partial charge in [0, 0.05) is 12.8 Å². The number of nitrogens with one attached hydrogen (secondary N) is 4. The molecule has 2 rings (SSSR count). The van der Waals surface area contributed by atoms with E-state index in [4.69, 9.17) is 20.4 Å². The number of piperazine rings is 2. The Balaban J connectivity index is 0.000000342. The fourth-order valence-corrected chi connectivity index (χ4v) is 2.93. The van der Waals surface area contributed by atoms with E-state index in [0.29, 0.717) is 0 Å². The van der Waals surface area contributed by atoms with Crippen molar-refractivity contribution in [3.63, 3.8) is 0 Å². The van der Waals surface area contributed by atoms with E-state index < -0.39 is 84.5 Å². The first-order chi connectivity index (χ1) is 15.8. The van der Waals surface area contributed by atoms with Crippen molar-refractivity contribution in [1.82, 2.24) is 21.3 Å². The number of carboxylic acid groups (broad SMARTS) is 4. The standard InChI is InChI=1S/C10H14N2O6.C8H10N2O6/c13-7(14)3-1-5-9(17)12-6(10(18)11-5)2-4-8(15)16;11-5(12)1-3-7(15)10-4(2-6(13)14)8(16)9-3/h5-6H,1-4H2,(H,11,18)(H,12,17)(H,13,14)(H,15,16);3-4H,1-2H2,(H,9,16)(H,10,15)(H,11,12)(H,13,14). The lowest BCUT2D eigenvalue weighted by molar-refractivity contribution is -0.146. The van der Waals surface area contributed by atoms with Crippen LogP contribution < -0.4 is 21.3 Å². The largest absolute Gasteiger partial charge is 0.481 e. The Morgan fingerprint density at radius 3 is 1.03 bits per heavy atom. The van der Waals surface area contributed by atoms with E-state index in [0.717, 1.165) is 0 Å². The zero-order valence-electron chi connectivity index (χ0n) is 17.6. The maximum absolute atomic E-state index is 11.5. The second kappa shape index (κ2) is 12.7. The van der Waals surface area contributed by atoms with Gasteiger partial charge in [0.2, 0.25) is 23.6 Å². The molecule has 0 aromatic rings. The predicted octanol–water partition coefficient (Wildman–Crippen LogP) is -3.38. The summed E-state index contributed by atoms with van der Waals surface area (Å²) in [5, 5.41) is 43.0. The van der Waals surface area contributed by atoms with Gasteiger partial charge in [-0.05, 0) is 12.8 Å². The zero-order valence-corrected chi connectivity index (χ0v) is 17.6. The van der Waals surface area contributed by atoms with E-state index in [1.807, 2.05) is 0 Å². The van der Waals surface area contributed by atoms with Crippen LogP contribution in [-0.2, 0) is 38.4 Å². The first kappa shape index (κ1) is 27.8. The van der Waals surface area contributed by atoms with Gasteiger partial charge in [-0.25, -0.2) is 0 Å². The molecule has 0 aliphatic carbocycles. The van der Waals surface area contributed by atoms with Gasteiger partial charge in [0.25, 0.3) is 0 Å². The van der Waals surface area contributed by atoms with Crippen molar-refractivity contribution in [2.75, 3.05) is 0 Å². The Hall–Kier alpha value is -4.24. The second-order valence-corrected chi connectivity index (χ2v) is 7.31. The summed E-state index contributed by atoms with van der Waals surface area (Å²) in [7, 11) is 0. The van der Waals surface area contributed by atoms with Crippen molar-refractivity contribution in [1.29, 1.82) is 0 Å². The molecule has 2 saturated heterocycles. The first-order valence-electron chi connectivity index (χ1n) is 9.88. The molecule has 0 aromatic carbocycles. The summed E-state index contributed by atoms with van der Waals surface area (Å²) in [5.41, 5.74) is 0. The Bertz CT molecular complexity index is 803. The number of hydrogen-bond acceptors (Lipinski definition) is 8. The molecule has 4 amide bonds. The molecule has 34 heavy (non-hydrogen) atoms. The van der Waals surface area contributed by atoms with E-state index in [1.54, 1.807) is 0 Å². The van der Waals surface area contributed by atoms with E-state index in [2.05, 4.69) is 21.3 Å². The molecule has 4 unspecified atom stereocenters. The number of aliphatic carboxylic acids is 4. The zero-order chi connectivity index (χ0) is 26.0. The molecular weight excluding hydrogens is 464 g/mol. The van der Waals surface area contributed by atoms with Gasteiger partial charge in [0.15, 0.2) is 0 Å². The number of carbonyl (C=O) groups excluding carboxylic acids is 4. The molecule has 16 heteroatoms. The van der Waals surface area contributed by atoms with Crippen molar-refractivity contribution in [2.24, 2.45) is 0 Å². The van der Waals surface area contributed by atoms with Crippen molar-refractivity contribution < 1.29 is 58.8 Å². The minimum absolute atomic E-state index is 0.0125. The van der Waals surface area contributed by atoms with Crippen molar-refractivity contribution >= 4 is 47.5 Å². The summed E-state index contributed by atoms with van der Waals surface area (Å²) in [6.07, 6.45) is -1.48. The maximum atomic E-state index is 11.5. The highest BCUT2D eigenvalue weighted by atomic mass is 16.4. The molecule has 4 atom stereocenters. The van der Waals surface area contributed by atoms with Gasteiger partial charge in [-0.15, -0.1) is 0 Å². The third-order valence-corrected chi connectivity index (χ3v) is 4.58. The predicted molar refractivity (Wildman–Crippen MR) is 106 cm³/mol. The van der Waals surface area contributed by atoms with Crippen LogP contribution in [0.25, 0.3) is 0 Å². The van der Waals surface area contributed by atoms with Crippen LogP contribution in [-0.4, -0.2) is 92.1 Å². The Labute approximate surface area is 191 Å². The fraction of sp³-hybridized carbons (Fsp3) is 0.556. The Morgan fingerprint density at radius 2 is 0.765 bits per heavy atom. The molecule has 188 valence electrons. The van der Waals surface area contributed by atoms with Gasteiger partial charge < -0.3 is 41.7 Å². The van der Waals surface area contributed by atoms with Gasteiger partial charge in [-0.1, -0.05) is 0 Å². The Morgan fingerprint density at radius 1 is 0.500 bits per heavy atom. The highest BCUT2D eigenvalue weighted by Crippen LogP contribution is 2.08. The topological polar surface area (TPSA) is 266 Å². The molecule has 16 nitrogen and oxygen atoms in total. The van der Waals surface area contributed by atoms with Crippen LogP contribution >= 0.6 is 0 Å². The molecule has 8 N–H and O–H groups in total. The van der Waals surface area contributed by atoms with Crippen LogP contribution in [0.1, 0.15) is 38.5 Å². The number of hydrogen-bond donors (Lipinski definition) is 8. The third-order valence-electron chi connectivity index (χ3n) is 4.58. The van der Waals surface area contributed by atoms with Crippen LogP contribution in [0.15, 0.2) is 0 Å². The van der Waals surface area contributed by atoms with Gasteiger partial charge in [-0.3, -0.25) is 38.4 Å². The van der Waals surface area contributed by atoms with Gasteiger partial charge in [-0.2, -0.15) is 0 Å². The summed E-state index contributed by atoms with van der Waals surface area (Å²) in [4.78, 5) is 87.1. The van der Waals surface area contributed by atoms with Crippen molar-refractivity contribution in [2.45, 2.75) is 62.7 Å². The normalized spacial score (nSPS) is 23.8. The molecular formula is C18H24N4O12. The minimum Gasteiger partial charge on any atom is -0.481 e. The summed E-state index contributed by atoms with van der Waals surface area (Å²) < 4.78 is 0. The number of rotatable bonds is 10. The van der Waals surface area contributed by atoms with E-state index in [1.165, 1.54) is 0 Å². The van der Waals surface area contributed by atoms with Crippen LogP contribution in [0.4, 0.5) is 0 Å². The summed E-state index contributed by atoms with van der Waals surface area (Å²) >= 11 is 0. The summed E-state index contributed by atoms with van der Waals surface area (Å²) in [6, 6.07) is -4.02. The smallest absolute Gasteiger partial charge is 0.305 e. The summed E-state index contributed by atoms with van der Waals surface area (Å²) in [5.74, 6) is -6.89. The van der Waals surface area contributed by atoms with Gasteiger partial charge in [0.1, 0.15) is 24.2 Å². The van der Waals surface area contributed by atoms with Crippen molar-refractivity contribution in [3.05, 3.63) is 0 Å². The number of carboxylic acids is 4. The fourth-order valence-electron chi connectivity index (χ4n) is 2.93. The van der Waals surface area contributed by atoms with Gasteiger partial charge >= 0.3 is 23.9 Å². The molecule has 2 heterocycles. The molecule has 0 saturated carbocycles. The van der Waals surface area contributed by atoms with Gasteiger partial charge in [0.05, 0.1) is 12.8 Å². The van der Waals surface area contributed by atoms with Crippen LogP contribution in [0.2, 0.25) is 0 Å². The van der Waals surface area contributed by atoms with Crippen LogP contribution in [0, 0.1) is 0 Å². The third kappa shape index (κ3) is 9.49. The van der Waals surface area contributed by atoms with Crippen molar-refractivity contribution in [3.8, 4) is 0 Å². The number of carbonyl (C=O) groups is 8. The SMILES string of the molecule is O=C(O)CC1NC(=O)C(CC(=O)O)NC1=O.O=C(O)CCC1NC(=O)C(CCC(=O)O)NC1=O. The molecule has 2 aliphatic rings. The lowest BCUT2D eigenvalue weighted by atomic mass is 10.0. The minimum atomic E-state index is -1.22. The van der Waals surface area contributed by atoms with E-state index >= 15 is 0 Å². The molecule has 0 spiro atoms. The Kier molecular flexibility index (Phi) is 10.4. The molecule has 2 aliphatic heterocycles. The van der Waals surface area contributed by atoms with Crippen LogP contribution in [0.5, 0.6) is 0 Å². The average Bonchev–Trinajstić information content (AvgIpc) is 2.70. The lowest BCUT2D eigenvalue weighted by Crippen LogP contribution is -2.62. The molecule has 0 bridgehead atoms. The monoisotopic (exact) mass is 488 g/mol. The van der Waals surface area contributed by atoms with Crippen LogP contribution in [0.3, 0.4) is 0 Å². The highest BCUT2D eigenvalue weighted by Gasteiger charge is 2.36. The summed E-state index contributed by atoms with van der Waals surface area (Å²) in [6.45, 7) is 0. The highest BCUT2D eigenvalue weighted by molar-refractivity contribution is 6.00. The molecule has 0 radical (unpaired) electrons.